The average molecular weight is 285 g/mol. The van der Waals surface area contributed by atoms with Crippen LogP contribution < -0.4 is 0 Å². The van der Waals surface area contributed by atoms with Gasteiger partial charge >= 0.3 is 0 Å². The molecule has 3 nitrogen and oxygen atoms in total. The molecule has 0 aromatic carbocycles. The van der Waals surface area contributed by atoms with Crippen LogP contribution in [0.15, 0.2) is 22.1 Å². The van der Waals surface area contributed by atoms with E-state index in [1.807, 2.05) is 18.4 Å². The number of nitrogens with zero attached hydrogens (tertiary/aromatic N) is 2. The Morgan fingerprint density at radius 2 is 2.33 bits per heavy atom. The van der Waals surface area contributed by atoms with Gasteiger partial charge in [-0.15, -0.1) is 11.3 Å². The zero-order chi connectivity index (χ0) is 11.0. The minimum Gasteiger partial charge on any atom is -0.286 e. The topological polar surface area (TPSA) is 34.9 Å². The van der Waals surface area contributed by atoms with E-state index in [1.165, 1.54) is 11.3 Å². The minimum absolute atomic E-state index is 0.0185. The Hall–Kier alpha value is -0.940. The normalized spacial score (nSPS) is 10.6. The summed E-state index contributed by atoms with van der Waals surface area (Å²) in [7, 11) is 1.79. The molecule has 0 saturated carbocycles. The highest BCUT2D eigenvalue weighted by Crippen LogP contribution is 2.23. The molecular weight excluding hydrogens is 276 g/mol. The van der Waals surface area contributed by atoms with Crippen LogP contribution in [0.2, 0.25) is 0 Å². The van der Waals surface area contributed by atoms with Gasteiger partial charge in [-0.3, -0.25) is 9.48 Å². The second-order valence-corrected chi connectivity index (χ2v) is 5.03. The molecule has 15 heavy (non-hydrogen) atoms. The van der Waals surface area contributed by atoms with Crippen LogP contribution >= 0.6 is 27.3 Å². The molecule has 2 heterocycles. The number of aromatic nitrogens is 2. The third-order valence-corrected chi connectivity index (χ3v) is 3.66. The molecule has 0 bridgehead atoms. The van der Waals surface area contributed by atoms with Crippen LogP contribution in [0, 0.1) is 6.92 Å². The molecule has 78 valence electrons. The van der Waals surface area contributed by atoms with Gasteiger partial charge in [-0.2, -0.15) is 5.10 Å². The van der Waals surface area contributed by atoms with Gasteiger partial charge in [-0.05, 0) is 39.9 Å². The van der Waals surface area contributed by atoms with Crippen molar-refractivity contribution in [1.29, 1.82) is 0 Å². The molecule has 0 aliphatic rings. The maximum Gasteiger partial charge on any atom is 0.224 e. The lowest BCUT2D eigenvalue weighted by atomic mass is 10.2. The van der Waals surface area contributed by atoms with Crippen molar-refractivity contribution in [3.63, 3.8) is 0 Å². The van der Waals surface area contributed by atoms with E-state index in [-0.39, 0.29) is 5.78 Å². The highest BCUT2D eigenvalue weighted by Gasteiger charge is 2.18. The van der Waals surface area contributed by atoms with Crippen LogP contribution in [0.5, 0.6) is 0 Å². The first-order valence-corrected chi connectivity index (χ1v) is 6.05. The lowest BCUT2D eigenvalue weighted by Gasteiger charge is -1.95. The summed E-state index contributed by atoms with van der Waals surface area (Å²) in [6, 6.07) is 1.94. The van der Waals surface area contributed by atoms with Gasteiger partial charge in [0.2, 0.25) is 5.78 Å². The molecule has 2 aromatic heterocycles. The lowest BCUT2D eigenvalue weighted by molar-refractivity contribution is 0.103. The van der Waals surface area contributed by atoms with E-state index in [1.54, 1.807) is 17.9 Å². The first kappa shape index (κ1) is 10.6. The monoisotopic (exact) mass is 284 g/mol. The fourth-order valence-electron chi connectivity index (χ4n) is 1.33. The van der Waals surface area contributed by atoms with Gasteiger partial charge in [0.1, 0.15) is 5.69 Å². The van der Waals surface area contributed by atoms with Crippen molar-refractivity contribution < 1.29 is 4.79 Å². The van der Waals surface area contributed by atoms with Crippen LogP contribution in [0.25, 0.3) is 0 Å². The predicted octanol–water partition coefficient (Wildman–Crippen LogP) is 2.78. The van der Waals surface area contributed by atoms with Crippen molar-refractivity contribution in [2.75, 3.05) is 0 Å². The number of hydrogen-bond donors (Lipinski definition) is 0. The number of carbonyl (C=O) groups excluding carboxylic acids is 1. The Labute approximate surface area is 99.9 Å². The highest BCUT2D eigenvalue weighted by atomic mass is 79.9. The second kappa shape index (κ2) is 3.90. The van der Waals surface area contributed by atoms with Gasteiger partial charge in [-0.1, -0.05) is 0 Å². The van der Waals surface area contributed by atoms with Crippen molar-refractivity contribution in [2.24, 2.45) is 7.05 Å². The number of halogens is 1. The van der Waals surface area contributed by atoms with E-state index in [0.717, 1.165) is 14.9 Å². The summed E-state index contributed by atoms with van der Waals surface area (Å²) in [6.45, 7) is 1.93. The third-order valence-electron chi connectivity index (χ3n) is 2.07. The Kier molecular flexibility index (Phi) is 2.75. The molecule has 0 atom stereocenters. The summed E-state index contributed by atoms with van der Waals surface area (Å²) < 4.78 is 2.36. The molecule has 0 aliphatic carbocycles. The highest BCUT2D eigenvalue weighted by molar-refractivity contribution is 9.10. The Morgan fingerprint density at radius 1 is 1.60 bits per heavy atom. The minimum atomic E-state index is -0.0185. The summed E-state index contributed by atoms with van der Waals surface area (Å²) in [5.41, 5.74) is 1.48. The quantitative estimate of drug-likeness (QED) is 0.795. The van der Waals surface area contributed by atoms with Crippen LogP contribution in [-0.4, -0.2) is 15.6 Å². The SMILES string of the molecule is Cc1ccsc1C(=O)c1nn(C)cc1Br. The van der Waals surface area contributed by atoms with E-state index in [2.05, 4.69) is 21.0 Å². The van der Waals surface area contributed by atoms with E-state index in [9.17, 15) is 4.79 Å². The van der Waals surface area contributed by atoms with Gasteiger partial charge in [0.25, 0.3) is 0 Å². The molecule has 0 unspecified atom stereocenters. The molecule has 2 rings (SSSR count). The summed E-state index contributed by atoms with van der Waals surface area (Å²) in [4.78, 5) is 12.8. The van der Waals surface area contributed by atoms with E-state index < -0.39 is 0 Å². The van der Waals surface area contributed by atoms with E-state index in [0.29, 0.717) is 5.69 Å². The fraction of sp³-hybridized carbons (Fsp3) is 0.200. The number of thiophene rings is 1. The van der Waals surface area contributed by atoms with Gasteiger partial charge in [0.05, 0.1) is 9.35 Å². The molecule has 5 heteroatoms. The molecule has 0 saturated heterocycles. The average Bonchev–Trinajstić information content (AvgIpc) is 2.71. The van der Waals surface area contributed by atoms with Crippen molar-refractivity contribution in [3.8, 4) is 0 Å². The van der Waals surface area contributed by atoms with Crippen molar-refractivity contribution in [2.45, 2.75) is 6.92 Å². The third kappa shape index (κ3) is 1.89. The zero-order valence-corrected chi connectivity index (χ0v) is 10.7. The molecule has 0 amide bonds. The predicted molar refractivity (Wildman–Crippen MR) is 63.4 cm³/mol. The summed E-state index contributed by atoms with van der Waals surface area (Å²) >= 11 is 4.78. The first-order chi connectivity index (χ1) is 7.09. The largest absolute Gasteiger partial charge is 0.286 e. The maximum absolute atomic E-state index is 12.1. The smallest absolute Gasteiger partial charge is 0.224 e. The van der Waals surface area contributed by atoms with Crippen LogP contribution in [0.3, 0.4) is 0 Å². The number of carbonyl (C=O) groups is 1. The van der Waals surface area contributed by atoms with Gasteiger partial charge in [0, 0.05) is 13.2 Å². The standard InChI is InChI=1S/C10H9BrN2OS/c1-6-3-4-15-10(6)9(14)8-7(11)5-13(2)12-8/h3-5H,1-2H3. The second-order valence-electron chi connectivity index (χ2n) is 3.26. The number of rotatable bonds is 2. The van der Waals surface area contributed by atoms with Crippen LogP contribution in [0.1, 0.15) is 20.9 Å². The lowest BCUT2D eigenvalue weighted by Crippen LogP contribution is -2.03. The molecule has 0 N–H and O–H groups in total. The van der Waals surface area contributed by atoms with Crippen LogP contribution in [0.4, 0.5) is 0 Å². The van der Waals surface area contributed by atoms with Gasteiger partial charge in [0.15, 0.2) is 0 Å². The first-order valence-electron chi connectivity index (χ1n) is 4.37. The Bertz CT molecular complexity index is 515. The number of aryl methyl sites for hydroxylation is 2. The summed E-state index contributed by atoms with van der Waals surface area (Å²) in [5.74, 6) is -0.0185. The molecule has 0 fully saturated rings. The fourth-order valence-corrected chi connectivity index (χ4v) is 2.75. The Balaban J connectivity index is 2.45. The molecular formula is C10H9BrN2OS. The molecule has 0 spiro atoms. The maximum atomic E-state index is 12.1. The van der Waals surface area contributed by atoms with Crippen molar-refractivity contribution in [3.05, 3.63) is 38.3 Å². The van der Waals surface area contributed by atoms with Gasteiger partial charge < -0.3 is 0 Å². The van der Waals surface area contributed by atoms with Crippen molar-refractivity contribution >= 4 is 33.0 Å². The van der Waals surface area contributed by atoms with Crippen molar-refractivity contribution in [1.82, 2.24) is 9.78 Å². The van der Waals surface area contributed by atoms with E-state index in [4.69, 9.17) is 0 Å². The number of hydrogen-bond acceptors (Lipinski definition) is 3. The number of ketones is 1. The van der Waals surface area contributed by atoms with Crippen LogP contribution in [-0.2, 0) is 7.05 Å². The molecule has 0 aliphatic heterocycles. The Morgan fingerprint density at radius 3 is 2.80 bits per heavy atom. The van der Waals surface area contributed by atoms with E-state index >= 15 is 0 Å². The molecule has 2 aromatic rings. The summed E-state index contributed by atoms with van der Waals surface area (Å²) in [6.07, 6.45) is 1.77. The molecule has 0 radical (unpaired) electrons. The zero-order valence-electron chi connectivity index (χ0n) is 8.32. The van der Waals surface area contributed by atoms with Gasteiger partial charge in [-0.25, -0.2) is 0 Å². The summed E-state index contributed by atoms with van der Waals surface area (Å²) in [5, 5.41) is 6.05.